The van der Waals surface area contributed by atoms with Crippen molar-refractivity contribution in [2.75, 3.05) is 7.11 Å². The molecule has 0 bridgehead atoms. The molecule has 2 rings (SSSR count). The first-order chi connectivity index (χ1) is 10.2. The van der Waals surface area contributed by atoms with Crippen LogP contribution in [0.25, 0.3) is 0 Å². The summed E-state index contributed by atoms with van der Waals surface area (Å²) in [7, 11) is 1.62. The van der Waals surface area contributed by atoms with Crippen LogP contribution < -0.4 is 9.47 Å². The topological polar surface area (TPSA) is 18.5 Å². The first kappa shape index (κ1) is 16.2. The number of benzene rings is 2. The Morgan fingerprint density at radius 1 is 1.05 bits per heavy atom. The van der Waals surface area contributed by atoms with E-state index in [0.29, 0.717) is 23.1 Å². The molecule has 4 heteroatoms. The minimum absolute atomic E-state index is 0.466. The van der Waals surface area contributed by atoms with Gasteiger partial charge in [0, 0.05) is 5.33 Å². The van der Waals surface area contributed by atoms with Crippen LogP contribution >= 0.6 is 27.5 Å². The molecule has 0 N–H and O–H groups in total. The van der Waals surface area contributed by atoms with E-state index in [2.05, 4.69) is 47.1 Å². The lowest BCUT2D eigenvalue weighted by Crippen LogP contribution is -1.99. The van der Waals surface area contributed by atoms with Gasteiger partial charge in [-0.3, -0.25) is 0 Å². The molecule has 0 atom stereocenters. The predicted octanol–water partition coefficient (Wildman–Crippen LogP) is 5.38. The molecule has 2 aromatic carbocycles. The average Bonchev–Trinajstić information content (AvgIpc) is 2.53. The summed E-state index contributed by atoms with van der Waals surface area (Å²) in [5.74, 6) is 1.24. The number of ether oxygens (including phenoxy) is 2. The molecule has 0 aliphatic rings. The van der Waals surface area contributed by atoms with E-state index in [-0.39, 0.29) is 0 Å². The number of methoxy groups -OCH3 is 1. The van der Waals surface area contributed by atoms with Gasteiger partial charge < -0.3 is 9.47 Å². The third-order valence-electron chi connectivity index (χ3n) is 3.26. The Kier molecular flexibility index (Phi) is 5.95. The molecule has 112 valence electrons. The predicted molar refractivity (Wildman–Crippen MR) is 90.8 cm³/mol. The van der Waals surface area contributed by atoms with Crippen LogP contribution in [-0.2, 0) is 18.4 Å². The summed E-state index contributed by atoms with van der Waals surface area (Å²) in [6.07, 6.45) is 1.04. The summed E-state index contributed by atoms with van der Waals surface area (Å²) < 4.78 is 11.2. The lowest BCUT2D eigenvalue weighted by Gasteiger charge is -2.14. The zero-order chi connectivity index (χ0) is 15.2. The molecular weight excluding hydrogens is 352 g/mol. The number of rotatable bonds is 6. The van der Waals surface area contributed by atoms with Crippen LogP contribution in [0.15, 0.2) is 36.4 Å². The SMILES string of the molecule is CCc1ccc(COc2c(Cl)cc(CBr)cc2OC)cc1. The van der Waals surface area contributed by atoms with Gasteiger partial charge in [-0.05, 0) is 35.2 Å². The van der Waals surface area contributed by atoms with Crippen molar-refractivity contribution in [2.45, 2.75) is 25.3 Å². The molecule has 0 fully saturated rings. The van der Waals surface area contributed by atoms with E-state index >= 15 is 0 Å². The molecule has 0 heterocycles. The van der Waals surface area contributed by atoms with Crippen LogP contribution in [0.1, 0.15) is 23.6 Å². The minimum atomic E-state index is 0.466. The Morgan fingerprint density at radius 2 is 1.71 bits per heavy atom. The summed E-state index contributed by atoms with van der Waals surface area (Å²) in [5, 5.41) is 1.29. The van der Waals surface area contributed by atoms with Gasteiger partial charge in [-0.15, -0.1) is 0 Å². The molecule has 0 aliphatic heterocycles. The largest absolute Gasteiger partial charge is 0.493 e. The molecule has 0 spiro atoms. The van der Waals surface area contributed by atoms with Crippen molar-refractivity contribution in [1.82, 2.24) is 0 Å². The maximum Gasteiger partial charge on any atom is 0.180 e. The Bertz CT molecular complexity index is 596. The second-order valence-electron chi connectivity index (χ2n) is 4.70. The van der Waals surface area contributed by atoms with E-state index in [1.165, 1.54) is 5.56 Å². The molecule has 0 radical (unpaired) electrons. The minimum Gasteiger partial charge on any atom is -0.493 e. The summed E-state index contributed by atoms with van der Waals surface area (Å²) >= 11 is 9.69. The van der Waals surface area contributed by atoms with Gasteiger partial charge in [0.05, 0.1) is 12.1 Å². The van der Waals surface area contributed by atoms with E-state index < -0.39 is 0 Å². The van der Waals surface area contributed by atoms with Crippen molar-refractivity contribution in [3.8, 4) is 11.5 Å². The zero-order valence-electron chi connectivity index (χ0n) is 12.2. The molecule has 0 saturated carbocycles. The summed E-state index contributed by atoms with van der Waals surface area (Å²) in [6.45, 7) is 2.61. The molecule has 21 heavy (non-hydrogen) atoms. The zero-order valence-corrected chi connectivity index (χ0v) is 14.5. The molecule has 0 aromatic heterocycles. The number of hydrogen-bond acceptors (Lipinski definition) is 2. The second-order valence-corrected chi connectivity index (χ2v) is 5.67. The maximum absolute atomic E-state index is 6.28. The fourth-order valence-corrected chi connectivity index (χ4v) is 2.63. The molecular formula is C17H18BrClO2. The fraction of sp³-hybridized carbons (Fsp3) is 0.294. The van der Waals surface area contributed by atoms with Gasteiger partial charge in [0.15, 0.2) is 11.5 Å². The van der Waals surface area contributed by atoms with Crippen molar-refractivity contribution in [2.24, 2.45) is 0 Å². The third kappa shape index (κ3) is 4.14. The third-order valence-corrected chi connectivity index (χ3v) is 4.19. The lowest BCUT2D eigenvalue weighted by molar-refractivity contribution is 0.284. The van der Waals surface area contributed by atoms with Gasteiger partial charge >= 0.3 is 0 Å². The van der Waals surface area contributed by atoms with Crippen molar-refractivity contribution in [3.63, 3.8) is 0 Å². The van der Waals surface area contributed by atoms with Gasteiger partial charge in [-0.2, -0.15) is 0 Å². The van der Waals surface area contributed by atoms with Crippen molar-refractivity contribution in [1.29, 1.82) is 0 Å². The number of hydrogen-bond donors (Lipinski definition) is 0. The highest BCUT2D eigenvalue weighted by Crippen LogP contribution is 2.37. The average molecular weight is 370 g/mol. The quantitative estimate of drug-likeness (QED) is 0.636. The Balaban J connectivity index is 2.15. The Morgan fingerprint density at radius 3 is 2.29 bits per heavy atom. The first-order valence-corrected chi connectivity index (χ1v) is 8.30. The van der Waals surface area contributed by atoms with Gasteiger partial charge in [-0.25, -0.2) is 0 Å². The molecule has 2 aromatic rings. The number of halogens is 2. The molecule has 0 amide bonds. The van der Waals surface area contributed by atoms with Crippen LogP contribution in [0, 0.1) is 0 Å². The van der Waals surface area contributed by atoms with E-state index in [0.717, 1.165) is 22.9 Å². The lowest BCUT2D eigenvalue weighted by atomic mass is 10.1. The summed E-state index contributed by atoms with van der Waals surface area (Å²) in [5.41, 5.74) is 3.47. The summed E-state index contributed by atoms with van der Waals surface area (Å²) in [4.78, 5) is 0. The molecule has 0 unspecified atom stereocenters. The Labute approximate surface area is 139 Å². The number of alkyl halides is 1. The van der Waals surface area contributed by atoms with Gasteiger partial charge in [0.2, 0.25) is 0 Å². The van der Waals surface area contributed by atoms with Crippen LogP contribution in [0.2, 0.25) is 5.02 Å². The van der Waals surface area contributed by atoms with Crippen LogP contribution in [-0.4, -0.2) is 7.11 Å². The summed E-state index contributed by atoms with van der Waals surface area (Å²) in [6, 6.07) is 12.2. The van der Waals surface area contributed by atoms with Gasteiger partial charge in [0.1, 0.15) is 6.61 Å². The van der Waals surface area contributed by atoms with Crippen molar-refractivity contribution < 1.29 is 9.47 Å². The van der Waals surface area contributed by atoms with Crippen LogP contribution in [0.3, 0.4) is 0 Å². The first-order valence-electron chi connectivity index (χ1n) is 6.81. The fourth-order valence-electron chi connectivity index (χ4n) is 2.02. The van der Waals surface area contributed by atoms with E-state index in [4.69, 9.17) is 21.1 Å². The van der Waals surface area contributed by atoms with Crippen molar-refractivity contribution >= 4 is 27.5 Å². The highest BCUT2D eigenvalue weighted by atomic mass is 79.9. The van der Waals surface area contributed by atoms with Crippen LogP contribution in [0.5, 0.6) is 11.5 Å². The maximum atomic E-state index is 6.28. The highest BCUT2D eigenvalue weighted by Gasteiger charge is 2.12. The van der Waals surface area contributed by atoms with Crippen molar-refractivity contribution in [3.05, 3.63) is 58.1 Å². The second kappa shape index (κ2) is 7.71. The van der Waals surface area contributed by atoms with Gasteiger partial charge in [-0.1, -0.05) is 58.7 Å². The standard InChI is InChI=1S/C17H18BrClO2/c1-3-12-4-6-13(7-5-12)11-21-17-15(19)8-14(10-18)9-16(17)20-2/h4-9H,3,10-11H2,1-2H3. The molecule has 2 nitrogen and oxygen atoms in total. The normalized spacial score (nSPS) is 10.5. The molecule has 0 aliphatic carbocycles. The monoisotopic (exact) mass is 368 g/mol. The number of aryl methyl sites for hydroxylation is 1. The molecule has 0 saturated heterocycles. The van der Waals surface area contributed by atoms with Crippen LogP contribution in [0.4, 0.5) is 0 Å². The van der Waals surface area contributed by atoms with E-state index in [9.17, 15) is 0 Å². The van der Waals surface area contributed by atoms with Gasteiger partial charge in [0.25, 0.3) is 0 Å². The Hall–Kier alpha value is -1.19. The van der Waals surface area contributed by atoms with E-state index in [1.54, 1.807) is 7.11 Å². The highest BCUT2D eigenvalue weighted by molar-refractivity contribution is 9.08. The smallest absolute Gasteiger partial charge is 0.180 e. The van der Waals surface area contributed by atoms with E-state index in [1.807, 2.05) is 12.1 Å².